The van der Waals surface area contributed by atoms with E-state index < -0.39 is 11.7 Å². The fourth-order valence-corrected chi connectivity index (χ4v) is 1.52. The van der Waals surface area contributed by atoms with Gasteiger partial charge < -0.3 is 10.2 Å². The number of hydrogen-bond donors (Lipinski definition) is 1. The molecule has 0 atom stereocenters. The van der Waals surface area contributed by atoms with Gasteiger partial charge in [0, 0.05) is 0 Å². The Morgan fingerprint density at radius 1 is 1.06 bits per heavy atom. The Bertz CT molecular complexity index is 561. The Hall–Kier alpha value is -2.36. The average Bonchev–Trinajstić information content (AvgIpc) is 2.29. The van der Waals surface area contributed by atoms with Crippen LogP contribution < -0.4 is 5.11 Å². The molecule has 0 saturated carbocycles. The number of aromatic carboxylic acids is 1. The number of halogens is 1. The van der Waals surface area contributed by atoms with Gasteiger partial charge >= 0.3 is 5.97 Å². The zero-order valence-corrected chi connectivity index (χ0v) is 8.68. The van der Waals surface area contributed by atoms with Gasteiger partial charge in [-0.25, -0.2) is 9.18 Å². The maximum Gasteiger partial charge on any atom is 0.335 e. The Balaban J connectivity index is 2.44. The van der Waals surface area contributed by atoms with E-state index in [-0.39, 0.29) is 11.4 Å². The third kappa shape index (κ3) is 2.25. The highest BCUT2D eigenvalue weighted by Crippen LogP contribution is 2.25. The molecule has 2 aromatic rings. The van der Waals surface area contributed by atoms with Crippen molar-refractivity contribution in [3.63, 3.8) is 0 Å². The lowest BCUT2D eigenvalue weighted by atomic mass is 10.0. The van der Waals surface area contributed by atoms with E-state index in [9.17, 15) is 14.3 Å². The molecule has 0 bridgehead atoms. The maximum atomic E-state index is 12.7. The van der Waals surface area contributed by atoms with Crippen LogP contribution in [-0.4, -0.2) is 11.1 Å². The quantitative estimate of drug-likeness (QED) is 0.862. The van der Waals surface area contributed by atoms with E-state index in [1.165, 1.54) is 42.5 Å². The van der Waals surface area contributed by atoms with Crippen molar-refractivity contribution >= 4 is 5.97 Å². The molecule has 0 aliphatic carbocycles. The number of benzene rings is 2. The van der Waals surface area contributed by atoms with E-state index in [2.05, 4.69) is 0 Å². The van der Waals surface area contributed by atoms with Crippen molar-refractivity contribution in [2.24, 2.45) is 0 Å². The fraction of sp³-hybridized carbons (Fsp3) is 0. The second kappa shape index (κ2) is 4.25. The summed E-state index contributed by atoms with van der Waals surface area (Å²) in [4.78, 5) is 10.7. The number of rotatable bonds is 2. The van der Waals surface area contributed by atoms with E-state index >= 15 is 0 Å². The smallest absolute Gasteiger partial charge is 0.335 e. The lowest BCUT2D eigenvalue weighted by molar-refractivity contribution is -0.268. The first-order chi connectivity index (χ1) is 8.08. The molecule has 0 aliphatic rings. The van der Waals surface area contributed by atoms with Crippen molar-refractivity contribution in [1.29, 1.82) is 0 Å². The minimum Gasteiger partial charge on any atom is -0.872 e. The van der Waals surface area contributed by atoms with E-state index in [0.29, 0.717) is 11.1 Å². The van der Waals surface area contributed by atoms with Crippen molar-refractivity contribution in [2.75, 3.05) is 0 Å². The van der Waals surface area contributed by atoms with Crippen LogP contribution in [0.15, 0.2) is 42.5 Å². The normalized spacial score (nSPS) is 10.2. The van der Waals surface area contributed by atoms with Gasteiger partial charge in [-0.1, -0.05) is 30.0 Å². The molecule has 3 nitrogen and oxygen atoms in total. The van der Waals surface area contributed by atoms with Crippen LogP contribution in [0.4, 0.5) is 4.39 Å². The molecule has 0 spiro atoms. The molecule has 0 fully saturated rings. The van der Waals surface area contributed by atoms with Crippen molar-refractivity contribution < 1.29 is 19.4 Å². The first-order valence-electron chi connectivity index (χ1n) is 4.88. The summed E-state index contributed by atoms with van der Waals surface area (Å²) in [7, 11) is 0. The maximum absolute atomic E-state index is 12.7. The Labute approximate surface area is 96.8 Å². The first-order valence-corrected chi connectivity index (χ1v) is 4.88. The fourth-order valence-electron chi connectivity index (χ4n) is 1.52. The topological polar surface area (TPSA) is 60.4 Å². The molecule has 17 heavy (non-hydrogen) atoms. The highest BCUT2D eigenvalue weighted by Gasteiger charge is 2.05. The van der Waals surface area contributed by atoms with Gasteiger partial charge in [0.05, 0.1) is 5.56 Å². The SMILES string of the molecule is O=C(O)c1ccc(-c2ccc(F)cc2)cc1[O-]. The van der Waals surface area contributed by atoms with Crippen molar-refractivity contribution in [3.8, 4) is 16.9 Å². The van der Waals surface area contributed by atoms with Gasteiger partial charge in [0.15, 0.2) is 0 Å². The summed E-state index contributed by atoms with van der Waals surface area (Å²) in [5, 5.41) is 20.2. The van der Waals surface area contributed by atoms with Gasteiger partial charge in [-0.2, -0.15) is 0 Å². The largest absolute Gasteiger partial charge is 0.872 e. The molecule has 0 saturated heterocycles. The number of carboxylic acids is 1. The molecule has 0 amide bonds. The molecular weight excluding hydrogens is 223 g/mol. The molecule has 1 N–H and O–H groups in total. The molecule has 0 radical (unpaired) electrons. The summed E-state index contributed by atoms with van der Waals surface area (Å²) in [5.74, 6) is -2.17. The van der Waals surface area contributed by atoms with Crippen LogP contribution in [0.25, 0.3) is 11.1 Å². The minimum atomic E-state index is -1.25. The monoisotopic (exact) mass is 231 g/mol. The van der Waals surface area contributed by atoms with E-state index in [4.69, 9.17) is 5.11 Å². The number of carboxylic acid groups (broad SMARTS) is 1. The number of carbonyl (C=O) groups is 1. The van der Waals surface area contributed by atoms with Crippen LogP contribution in [0, 0.1) is 5.82 Å². The summed E-state index contributed by atoms with van der Waals surface area (Å²) in [6.45, 7) is 0. The van der Waals surface area contributed by atoms with Crippen molar-refractivity contribution in [2.45, 2.75) is 0 Å². The van der Waals surface area contributed by atoms with Crippen molar-refractivity contribution in [3.05, 3.63) is 53.8 Å². The van der Waals surface area contributed by atoms with Gasteiger partial charge in [-0.05, 0) is 29.3 Å². The molecule has 2 rings (SSSR count). The zero-order valence-electron chi connectivity index (χ0n) is 8.68. The molecule has 4 heteroatoms. The van der Waals surface area contributed by atoms with Crippen molar-refractivity contribution in [1.82, 2.24) is 0 Å². The average molecular weight is 231 g/mol. The molecule has 86 valence electrons. The van der Waals surface area contributed by atoms with E-state index in [0.717, 1.165) is 0 Å². The van der Waals surface area contributed by atoms with Crippen LogP contribution in [0.3, 0.4) is 0 Å². The highest BCUT2D eigenvalue weighted by atomic mass is 19.1. The molecule has 2 aromatic carbocycles. The molecule has 0 aromatic heterocycles. The van der Waals surface area contributed by atoms with Gasteiger partial charge in [0.2, 0.25) is 0 Å². The predicted molar refractivity (Wildman–Crippen MR) is 58.2 cm³/mol. The number of hydrogen-bond acceptors (Lipinski definition) is 2. The zero-order chi connectivity index (χ0) is 12.4. The Morgan fingerprint density at radius 3 is 2.18 bits per heavy atom. The van der Waals surface area contributed by atoms with Gasteiger partial charge in [0.1, 0.15) is 5.82 Å². The summed E-state index contributed by atoms with van der Waals surface area (Å²) in [6, 6.07) is 9.64. The lowest BCUT2D eigenvalue weighted by Crippen LogP contribution is -2.03. The van der Waals surface area contributed by atoms with Gasteiger partial charge in [0.25, 0.3) is 0 Å². The summed E-state index contributed by atoms with van der Waals surface area (Å²) < 4.78 is 12.7. The molecule has 0 unspecified atom stereocenters. The van der Waals surface area contributed by atoms with Gasteiger partial charge in [-0.15, -0.1) is 0 Å². The van der Waals surface area contributed by atoms with Crippen LogP contribution >= 0.6 is 0 Å². The second-order valence-electron chi connectivity index (χ2n) is 3.52. The lowest BCUT2D eigenvalue weighted by Gasteiger charge is -2.12. The van der Waals surface area contributed by atoms with Crippen LogP contribution in [0.5, 0.6) is 5.75 Å². The van der Waals surface area contributed by atoms with Crippen LogP contribution in [-0.2, 0) is 0 Å². The third-order valence-corrected chi connectivity index (χ3v) is 2.39. The molecular formula is C13H8FO3-. The summed E-state index contributed by atoms with van der Waals surface area (Å²) >= 11 is 0. The third-order valence-electron chi connectivity index (χ3n) is 2.39. The second-order valence-corrected chi connectivity index (χ2v) is 3.52. The van der Waals surface area contributed by atoms with Gasteiger partial charge in [-0.3, -0.25) is 0 Å². The van der Waals surface area contributed by atoms with E-state index in [1.54, 1.807) is 0 Å². The summed E-state index contributed by atoms with van der Waals surface area (Å²) in [5.41, 5.74) is 0.969. The minimum absolute atomic E-state index is 0.268. The highest BCUT2D eigenvalue weighted by molar-refractivity contribution is 5.91. The predicted octanol–water partition coefficient (Wildman–Crippen LogP) is 2.26. The van der Waals surface area contributed by atoms with Crippen LogP contribution in [0.1, 0.15) is 10.4 Å². The van der Waals surface area contributed by atoms with E-state index in [1.807, 2.05) is 0 Å². The summed E-state index contributed by atoms with van der Waals surface area (Å²) in [6.07, 6.45) is 0. The molecule has 0 heterocycles. The van der Waals surface area contributed by atoms with Crippen LogP contribution in [0.2, 0.25) is 0 Å². The Morgan fingerprint density at radius 2 is 1.65 bits per heavy atom. The molecule has 0 aliphatic heterocycles. The first kappa shape index (κ1) is 11.1. The Kier molecular flexibility index (Phi) is 2.78. The standard InChI is InChI=1S/C13H9FO3/c14-10-4-1-8(2-5-10)9-3-6-11(13(16)17)12(15)7-9/h1-7,15H,(H,16,17)/p-1.